The molecule has 0 aromatic heterocycles. The summed E-state index contributed by atoms with van der Waals surface area (Å²) in [6, 6.07) is 37.3. The molecule has 5 aromatic carbocycles. The van der Waals surface area contributed by atoms with E-state index < -0.39 is 54.3 Å². The summed E-state index contributed by atoms with van der Waals surface area (Å²) in [4.78, 5) is 22.4. The second kappa shape index (κ2) is 13.0. The molecule has 0 spiro atoms. The van der Waals surface area contributed by atoms with E-state index >= 15 is 0 Å². The zero-order chi connectivity index (χ0) is 27.9. The fourth-order valence-electron chi connectivity index (χ4n) is 3.59. The molecular weight excluding hydrogens is 734 g/mol. The SMILES string of the molecule is O=C(O)c1cccc([I-]c2ccc(Oc3ccc(Oc4ccc([I-]c5cccc(C(=O)O)c5)cc4)cc3)cc2)c1. The molecule has 6 nitrogen and oxygen atoms in total. The van der Waals surface area contributed by atoms with Gasteiger partial charge in [0.25, 0.3) is 0 Å². The molecular formula is C32H22I2O6-2. The van der Waals surface area contributed by atoms with Crippen molar-refractivity contribution in [1.82, 2.24) is 0 Å². The summed E-state index contributed by atoms with van der Waals surface area (Å²) in [6.07, 6.45) is 0. The standard InChI is InChI=1S/C32H22I2O6/c35-31(36)21-3-1-5-25(19-21)33-23-7-11-27(12-8-23)39-29-15-17-30(18-16-29)40-28-13-9-24(10-14-28)34-26-6-2-4-22(20-26)32(37)38/h1-20H,(H,35,36)(H,37,38)/q-2. The molecule has 0 saturated heterocycles. The first-order valence-corrected chi connectivity index (χ1v) is 16.3. The van der Waals surface area contributed by atoms with E-state index in [9.17, 15) is 19.8 Å². The molecule has 0 atom stereocenters. The average molecular weight is 756 g/mol. The van der Waals surface area contributed by atoms with E-state index in [0.29, 0.717) is 34.1 Å². The van der Waals surface area contributed by atoms with E-state index in [1.54, 1.807) is 36.4 Å². The first-order valence-electron chi connectivity index (χ1n) is 12.0. The summed E-state index contributed by atoms with van der Waals surface area (Å²) in [5, 5.41) is 18.4. The van der Waals surface area contributed by atoms with Crippen LogP contribution in [0.1, 0.15) is 20.7 Å². The number of carboxylic acids is 2. The molecule has 0 radical (unpaired) electrons. The van der Waals surface area contributed by atoms with Gasteiger partial charge >= 0.3 is 253 Å². The maximum absolute atomic E-state index is 11.2. The van der Waals surface area contributed by atoms with Gasteiger partial charge in [-0.3, -0.25) is 0 Å². The number of hydrogen-bond acceptors (Lipinski definition) is 4. The zero-order valence-electron chi connectivity index (χ0n) is 20.8. The molecule has 0 saturated carbocycles. The second-order valence-corrected chi connectivity index (χ2v) is 14.5. The average Bonchev–Trinajstić information content (AvgIpc) is 2.96. The Morgan fingerprint density at radius 2 is 0.775 bits per heavy atom. The number of benzene rings is 5. The van der Waals surface area contributed by atoms with Gasteiger partial charge in [0.1, 0.15) is 0 Å². The molecule has 0 bridgehead atoms. The van der Waals surface area contributed by atoms with Crippen LogP contribution < -0.4 is 51.9 Å². The number of aromatic carboxylic acids is 2. The molecule has 5 aromatic rings. The van der Waals surface area contributed by atoms with E-state index in [0.717, 1.165) is 7.14 Å². The predicted octanol–water partition coefficient (Wildman–Crippen LogP) is 0.924. The van der Waals surface area contributed by atoms with E-state index in [4.69, 9.17) is 9.47 Å². The molecule has 0 aliphatic rings. The van der Waals surface area contributed by atoms with Gasteiger partial charge in [-0.25, -0.2) is 0 Å². The second-order valence-electron chi connectivity index (χ2n) is 8.40. The van der Waals surface area contributed by atoms with E-state index in [2.05, 4.69) is 0 Å². The number of ether oxygens (including phenoxy) is 2. The normalized spacial score (nSPS) is 10.8. The Labute approximate surface area is 251 Å². The van der Waals surface area contributed by atoms with Crippen LogP contribution in [-0.2, 0) is 0 Å². The van der Waals surface area contributed by atoms with Crippen molar-refractivity contribution in [3.05, 3.63) is 147 Å². The first kappa shape index (κ1) is 27.7. The van der Waals surface area contributed by atoms with Crippen LogP contribution in [0.25, 0.3) is 0 Å². The molecule has 40 heavy (non-hydrogen) atoms. The molecule has 0 aliphatic heterocycles. The summed E-state index contributed by atoms with van der Waals surface area (Å²) >= 11 is -0.982. The molecule has 2 N–H and O–H groups in total. The predicted molar refractivity (Wildman–Crippen MR) is 141 cm³/mol. The van der Waals surface area contributed by atoms with Crippen LogP contribution in [0.5, 0.6) is 23.0 Å². The monoisotopic (exact) mass is 756 g/mol. The molecule has 0 heterocycles. The third kappa shape index (κ3) is 7.60. The van der Waals surface area contributed by atoms with Crippen LogP contribution in [0.4, 0.5) is 0 Å². The topological polar surface area (TPSA) is 93.1 Å². The van der Waals surface area contributed by atoms with Crippen LogP contribution in [0, 0.1) is 14.3 Å². The molecule has 202 valence electrons. The van der Waals surface area contributed by atoms with Gasteiger partial charge in [0.2, 0.25) is 0 Å². The molecule has 0 fully saturated rings. The van der Waals surface area contributed by atoms with Gasteiger partial charge in [-0.05, 0) is 0 Å². The fraction of sp³-hybridized carbons (Fsp3) is 0. The Morgan fingerprint density at radius 3 is 1.10 bits per heavy atom. The Morgan fingerprint density at radius 1 is 0.450 bits per heavy atom. The van der Waals surface area contributed by atoms with Crippen LogP contribution >= 0.6 is 0 Å². The summed E-state index contributed by atoms with van der Waals surface area (Å²) in [7, 11) is 0. The van der Waals surface area contributed by atoms with E-state index in [1.165, 1.54) is 7.14 Å². The Kier molecular flexibility index (Phi) is 8.97. The van der Waals surface area contributed by atoms with E-state index in [1.807, 2.05) is 84.9 Å². The zero-order valence-corrected chi connectivity index (χ0v) is 25.1. The van der Waals surface area contributed by atoms with Gasteiger partial charge in [-0.1, -0.05) is 0 Å². The van der Waals surface area contributed by atoms with Crippen LogP contribution in [-0.4, -0.2) is 22.2 Å². The summed E-state index contributed by atoms with van der Waals surface area (Å²) in [5.74, 6) is 0.980. The number of carbonyl (C=O) groups is 2. The van der Waals surface area contributed by atoms with Crippen LogP contribution in [0.15, 0.2) is 121 Å². The van der Waals surface area contributed by atoms with Crippen LogP contribution in [0.2, 0.25) is 0 Å². The van der Waals surface area contributed by atoms with Crippen molar-refractivity contribution in [2.45, 2.75) is 0 Å². The number of halogens is 2. The van der Waals surface area contributed by atoms with Crippen molar-refractivity contribution in [2.75, 3.05) is 0 Å². The summed E-state index contributed by atoms with van der Waals surface area (Å²) in [5.41, 5.74) is 0.618. The van der Waals surface area contributed by atoms with Crippen molar-refractivity contribution < 1.29 is 71.7 Å². The van der Waals surface area contributed by atoms with Gasteiger partial charge in [0.05, 0.1) is 0 Å². The quantitative estimate of drug-likeness (QED) is 0.206. The molecule has 0 unspecified atom stereocenters. The first-order chi connectivity index (χ1) is 19.4. The Balaban J connectivity index is 1.15. The molecule has 0 aliphatic carbocycles. The minimum absolute atomic E-state index is 0.309. The number of hydrogen-bond donors (Lipinski definition) is 2. The van der Waals surface area contributed by atoms with Gasteiger partial charge in [0, 0.05) is 0 Å². The molecule has 0 amide bonds. The Hall–Kier alpha value is -3.90. The van der Waals surface area contributed by atoms with Crippen LogP contribution in [0.3, 0.4) is 0 Å². The van der Waals surface area contributed by atoms with Crippen molar-refractivity contribution in [3.63, 3.8) is 0 Å². The molecule has 5 rings (SSSR count). The third-order valence-corrected chi connectivity index (χ3v) is 10.8. The van der Waals surface area contributed by atoms with Crippen molar-refractivity contribution in [3.8, 4) is 23.0 Å². The fourth-order valence-corrected chi connectivity index (χ4v) is 8.23. The van der Waals surface area contributed by atoms with Gasteiger partial charge < -0.3 is 0 Å². The Bertz CT molecular complexity index is 1510. The van der Waals surface area contributed by atoms with Gasteiger partial charge in [-0.2, -0.15) is 0 Å². The van der Waals surface area contributed by atoms with Crippen molar-refractivity contribution >= 4 is 11.9 Å². The summed E-state index contributed by atoms with van der Waals surface area (Å²) in [6.45, 7) is 0. The van der Waals surface area contributed by atoms with E-state index in [-0.39, 0.29) is 0 Å². The van der Waals surface area contributed by atoms with Crippen molar-refractivity contribution in [2.24, 2.45) is 0 Å². The number of rotatable bonds is 10. The maximum atomic E-state index is 11.2. The minimum atomic E-state index is -0.914. The van der Waals surface area contributed by atoms with Gasteiger partial charge in [0.15, 0.2) is 0 Å². The van der Waals surface area contributed by atoms with Crippen molar-refractivity contribution in [1.29, 1.82) is 0 Å². The summed E-state index contributed by atoms with van der Waals surface area (Å²) < 4.78 is 16.4. The number of carboxylic acid groups (broad SMARTS) is 2. The molecule has 8 heteroatoms. The third-order valence-electron chi connectivity index (χ3n) is 5.50. The van der Waals surface area contributed by atoms with Gasteiger partial charge in [-0.15, -0.1) is 0 Å².